The van der Waals surface area contributed by atoms with Gasteiger partial charge in [-0.25, -0.2) is 0 Å². The molecule has 0 amide bonds. The van der Waals surface area contributed by atoms with E-state index in [1.165, 1.54) is 0 Å². The first-order chi connectivity index (χ1) is 5.20. The molecule has 0 aliphatic rings. The zero-order valence-electron chi connectivity index (χ0n) is 6.07. The molecule has 9 nitrogen and oxygen atoms in total. The molecule has 1 atom stereocenters. The molecule has 0 aliphatic carbocycles. The van der Waals surface area contributed by atoms with Gasteiger partial charge in [-0.05, 0) is 0 Å². The summed E-state index contributed by atoms with van der Waals surface area (Å²) in [7, 11) is -7.86. The van der Waals surface area contributed by atoms with E-state index in [0.717, 1.165) is 0 Å². The highest BCUT2D eigenvalue weighted by molar-refractivity contribution is 7.38. The molecule has 86 valence electrons. The molecule has 0 aromatic heterocycles. The Morgan fingerprint density at radius 1 is 0.385 bits per heavy atom. The van der Waals surface area contributed by atoms with Crippen LogP contribution >= 0.6 is 35.7 Å². The molecule has 0 radical (unpaired) electrons. The third-order valence-electron chi connectivity index (χ3n) is 0. The minimum atomic E-state index is -2.62. The Balaban J connectivity index is -0.0000000450. The minimum Gasteiger partial charge on any atom is -0.328 e. The van der Waals surface area contributed by atoms with E-state index < -0.39 is 25.8 Å². The standard InChI is InChI=1S/3H3O3P.H3P/c3*1-4(2)3;/h3*1-3H;1H3. The van der Waals surface area contributed by atoms with Crippen LogP contribution in [-0.2, 0) is 0 Å². The summed E-state index contributed by atoms with van der Waals surface area (Å²) in [5, 5.41) is 0. The minimum absolute atomic E-state index is 0. The average Bonchev–Trinajstić information content (AvgIpc) is 1.54. The van der Waals surface area contributed by atoms with Gasteiger partial charge in [0, 0.05) is 0 Å². The van der Waals surface area contributed by atoms with Crippen molar-refractivity contribution in [2.45, 2.75) is 0 Å². The molecule has 1 unspecified atom stereocenters. The summed E-state index contributed by atoms with van der Waals surface area (Å²) in [5.41, 5.74) is 0. The topological polar surface area (TPSA) is 182 Å². The monoisotopic (exact) mass is 280 g/mol. The van der Waals surface area contributed by atoms with Gasteiger partial charge < -0.3 is 44.0 Å². The molecule has 0 spiro atoms. The van der Waals surface area contributed by atoms with Crippen LogP contribution in [0.1, 0.15) is 0 Å². The van der Waals surface area contributed by atoms with Crippen molar-refractivity contribution >= 4 is 35.7 Å². The first kappa shape index (κ1) is 23.9. The van der Waals surface area contributed by atoms with Crippen molar-refractivity contribution in [1.29, 1.82) is 0 Å². The Kier molecular flexibility index (Phi) is 34.9. The highest BCUT2D eigenvalue weighted by Crippen LogP contribution is 2.12. The summed E-state index contributed by atoms with van der Waals surface area (Å²) in [5.74, 6) is 0. The Morgan fingerprint density at radius 3 is 0.385 bits per heavy atom. The smallest absolute Gasteiger partial charge is 0.324 e. The first-order valence-electron chi connectivity index (χ1n) is 1.80. The van der Waals surface area contributed by atoms with Crippen molar-refractivity contribution in [3.05, 3.63) is 0 Å². The lowest BCUT2D eigenvalue weighted by Gasteiger charge is -1.76. The van der Waals surface area contributed by atoms with Gasteiger partial charge in [-0.2, -0.15) is 9.90 Å². The van der Waals surface area contributed by atoms with E-state index >= 15 is 0 Å². The van der Waals surface area contributed by atoms with Gasteiger partial charge in [-0.3, -0.25) is 0 Å². The van der Waals surface area contributed by atoms with E-state index in [4.69, 9.17) is 44.0 Å². The van der Waals surface area contributed by atoms with Gasteiger partial charge in [0.25, 0.3) is 0 Å². The summed E-state index contributed by atoms with van der Waals surface area (Å²) >= 11 is 0. The second-order valence-corrected chi connectivity index (χ2v) is 2.41. The van der Waals surface area contributed by atoms with Crippen LogP contribution in [0.25, 0.3) is 0 Å². The van der Waals surface area contributed by atoms with E-state index in [-0.39, 0.29) is 9.90 Å². The van der Waals surface area contributed by atoms with Crippen molar-refractivity contribution in [2.24, 2.45) is 0 Å². The first-order valence-corrected chi connectivity index (χ1v) is 5.40. The van der Waals surface area contributed by atoms with Crippen LogP contribution in [0.4, 0.5) is 0 Å². The number of hydrogen-bond donors (Lipinski definition) is 9. The zero-order valence-corrected chi connectivity index (χ0v) is 10.2. The van der Waals surface area contributed by atoms with Crippen LogP contribution in [0.2, 0.25) is 0 Å². The highest BCUT2D eigenvalue weighted by atomic mass is 31.2. The molecule has 13 heavy (non-hydrogen) atoms. The molecule has 0 aromatic rings. The van der Waals surface area contributed by atoms with Gasteiger partial charge in [0.2, 0.25) is 0 Å². The molecular formula is H12O9P4. The van der Waals surface area contributed by atoms with Crippen LogP contribution in [0.15, 0.2) is 0 Å². The van der Waals surface area contributed by atoms with Gasteiger partial charge in [0.05, 0.1) is 0 Å². The van der Waals surface area contributed by atoms with Crippen molar-refractivity contribution in [3.63, 3.8) is 0 Å². The molecule has 0 saturated heterocycles. The summed E-state index contributed by atoms with van der Waals surface area (Å²) in [6.07, 6.45) is 0. The van der Waals surface area contributed by atoms with Crippen molar-refractivity contribution in [2.75, 3.05) is 0 Å². The van der Waals surface area contributed by atoms with Crippen LogP contribution in [0, 0.1) is 0 Å². The molecule has 0 aliphatic heterocycles. The lowest BCUT2D eigenvalue weighted by atomic mass is 15.8. The predicted octanol–water partition coefficient (Wildman–Crippen LogP) is -2.37. The predicted molar refractivity (Wildman–Crippen MR) is 51.8 cm³/mol. The molecule has 0 aromatic carbocycles. The largest absolute Gasteiger partial charge is 0.328 e. The maximum Gasteiger partial charge on any atom is 0.324 e. The molecule has 0 rings (SSSR count). The molecule has 0 saturated carbocycles. The SMILES string of the molecule is OP(O)O.OP(O)O.OP(O)O.P. The average molecular weight is 280 g/mol. The summed E-state index contributed by atoms with van der Waals surface area (Å²) < 4.78 is 0. The Morgan fingerprint density at radius 2 is 0.385 bits per heavy atom. The van der Waals surface area contributed by atoms with E-state index in [0.29, 0.717) is 0 Å². The van der Waals surface area contributed by atoms with Crippen LogP contribution < -0.4 is 0 Å². The summed E-state index contributed by atoms with van der Waals surface area (Å²) in [6, 6.07) is 0. The van der Waals surface area contributed by atoms with Crippen LogP contribution in [-0.4, -0.2) is 44.0 Å². The van der Waals surface area contributed by atoms with Crippen molar-refractivity contribution in [1.82, 2.24) is 0 Å². The van der Waals surface area contributed by atoms with Crippen LogP contribution in [0.5, 0.6) is 0 Å². The summed E-state index contributed by atoms with van der Waals surface area (Å²) in [6.45, 7) is 0. The van der Waals surface area contributed by atoms with Crippen molar-refractivity contribution < 1.29 is 44.0 Å². The summed E-state index contributed by atoms with van der Waals surface area (Å²) in [4.78, 5) is 65.1. The Labute approximate surface area is 80.6 Å². The fourth-order valence-corrected chi connectivity index (χ4v) is 0. The lowest BCUT2D eigenvalue weighted by Crippen LogP contribution is -1.54. The molecule has 9 N–H and O–H groups in total. The van der Waals surface area contributed by atoms with E-state index in [2.05, 4.69) is 0 Å². The van der Waals surface area contributed by atoms with E-state index in [1.54, 1.807) is 0 Å². The van der Waals surface area contributed by atoms with Gasteiger partial charge >= 0.3 is 25.8 Å². The Bertz CT molecular complexity index is 40.1. The highest BCUT2D eigenvalue weighted by Gasteiger charge is 1.77. The van der Waals surface area contributed by atoms with E-state index in [1.807, 2.05) is 0 Å². The maximum absolute atomic E-state index is 7.23. The zero-order chi connectivity index (χ0) is 10.7. The molecule has 13 heteroatoms. The molecule has 0 bridgehead atoms. The molecular weight excluding hydrogens is 268 g/mol. The normalized spacial score (nSPS) is 8.31. The quantitative estimate of drug-likeness (QED) is 0.219. The molecule has 0 heterocycles. The fourth-order valence-electron chi connectivity index (χ4n) is 0. The van der Waals surface area contributed by atoms with E-state index in [9.17, 15) is 0 Å². The van der Waals surface area contributed by atoms with Gasteiger partial charge in [0.15, 0.2) is 0 Å². The second kappa shape index (κ2) is 19.0. The van der Waals surface area contributed by atoms with Crippen LogP contribution in [0.3, 0.4) is 0 Å². The molecule has 0 fully saturated rings. The third-order valence-corrected chi connectivity index (χ3v) is 0. The lowest BCUT2D eigenvalue weighted by molar-refractivity contribution is 0.366. The fraction of sp³-hybridized carbons (Fsp3) is 0. The maximum atomic E-state index is 7.23. The van der Waals surface area contributed by atoms with Crippen molar-refractivity contribution in [3.8, 4) is 0 Å². The van der Waals surface area contributed by atoms with Gasteiger partial charge in [-0.1, -0.05) is 0 Å². The number of rotatable bonds is 0. The van der Waals surface area contributed by atoms with Gasteiger partial charge in [-0.15, -0.1) is 0 Å². The Hall–Kier alpha value is 1.36. The number of hydrogen-bond acceptors (Lipinski definition) is 9. The third kappa shape index (κ3) is 932. The second-order valence-electron chi connectivity index (χ2n) is 0.805. The van der Waals surface area contributed by atoms with Gasteiger partial charge in [0.1, 0.15) is 0 Å².